The predicted molar refractivity (Wildman–Crippen MR) is 77.6 cm³/mol. The van der Waals surface area contributed by atoms with E-state index in [0.29, 0.717) is 18.9 Å². The van der Waals surface area contributed by atoms with E-state index in [-0.39, 0.29) is 11.9 Å². The molecular formula is C16H24N2O. The number of hydrogen-bond donors (Lipinski definition) is 1. The molecule has 3 heteroatoms. The molecular weight excluding hydrogens is 236 g/mol. The van der Waals surface area contributed by atoms with Crippen LogP contribution < -0.4 is 5.73 Å². The second kappa shape index (κ2) is 6.20. The van der Waals surface area contributed by atoms with Crippen molar-refractivity contribution in [3.05, 3.63) is 35.4 Å². The first-order valence-electron chi connectivity index (χ1n) is 7.12. The number of aryl methyl sites for hydroxylation is 1. The highest BCUT2D eigenvalue weighted by Gasteiger charge is 2.27. The summed E-state index contributed by atoms with van der Waals surface area (Å²) in [5, 5.41) is 0. The van der Waals surface area contributed by atoms with E-state index in [4.69, 9.17) is 5.73 Å². The van der Waals surface area contributed by atoms with Crippen LogP contribution in [0, 0.1) is 12.8 Å². The van der Waals surface area contributed by atoms with Crippen LogP contribution >= 0.6 is 0 Å². The topological polar surface area (TPSA) is 46.3 Å². The molecule has 1 fully saturated rings. The molecule has 0 spiro atoms. The molecule has 0 radical (unpaired) electrons. The lowest BCUT2D eigenvalue weighted by atomic mass is 9.99. The molecule has 2 atom stereocenters. The summed E-state index contributed by atoms with van der Waals surface area (Å²) >= 11 is 0. The molecule has 1 amide bonds. The van der Waals surface area contributed by atoms with E-state index in [2.05, 4.69) is 19.1 Å². The highest BCUT2D eigenvalue weighted by Crippen LogP contribution is 2.27. The maximum Gasteiger partial charge on any atom is 0.222 e. The number of amides is 1. The molecule has 104 valence electrons. The van der Waals surface area contributed by atoms with Crippen molar-refractivity contribution in [1.29, 1.82) is 0 Å². The Balaban J connectivity index is 1.91. The van der Waals surface area contributed by atoms with Gasteiger partial charge in [0.25, 0.3) is 0 Å². The van der Waals surface area contributed by atoms with Crippen LogP contribution in [0.4, 0.5) is 0 Å². The highest BCUT2D eigenvalue weighted by atomic mass is 16.2. The molecule has 1 aromatic rings. The van der Waals surface area contributed by atoms with Gasteiger partial charge in [-0.15, -0.1) is 0 Å². The van der Waals surface area contributed by atoms with Gasteiger partial charge >= 0.3 is 0 Å². The van der Waals surface area contributed by atoms with E-state index in [1.54, 1.807) is 0 Å². The van der Waals surface area contributed by atoms with Crippen LogP contribution in [0.25, 0.3) is 0 Å². The maximum atomic E-state index is 12.2. The van der Waals surface area contributed by atoms with Crippen molar-refractivity contribution in [3.63, 3.8) is 0 Å². The Labute approximate surface area is 115 Å². The molecule has 0 aliphatic heterocycles. The molecule has 0 unspecified atom stereocenters. The van der Waals surface area contributed by atoms with Crippen LogP contribution in [0.3, 0.4) is 0 Å². The molecule has 2 N–H and O–H groups in total. The minimum atomic E-state index is 0.214. The summed E-state index contributed by atoms with van der Waals surface area (Å²) in [5.74, 6) is 0.595. The third-order valence-electron chi connectivity index (χ3n) is 4.25. The van der Waals surface area contributed by atoms with E-state index in [9.17, 15) is 4.79 Å². The summed E-state index contributed by atoms with van der Waals surface area (Å²) in [7, 11) is 1.88. The molecule has 3 nitrogen and oxygen atoms in total. The average molecular weight is 260 g/mol. The fourth-order valence-electron chi connectivity index (χ4n) is 2.83. The molecule has 1 aliphatic rings. The second-order valence-corrected chi connectivity index (χ2v) is 5.74. The summed E-state index contributed by atoms with van der Waals surface area (Å²) in [4.78, 5) is 14.1. The Morgan fingerprint density at radius 3 is 2.74 bits per heavy atom. The average Bonchev–Trinajstić information content (AvgIpc) is 2.78. The SMILES string of the molecule is Cc1ccccc1CN(C)C(=O)C[C@@H]1CCC[C@H]1N. The van der Waals surface area contributed by atoms with E-state index in [1.807, 2.05) is 24.1 Å². The van der Waals surface area contributed by atoms with Crippen molar-refractivity contribution in [3.8, 4) is 0 Å². The zero-order chi connectivity index (χ0) is 13.8. The lowest BCUT2D eigenvalue weighted by Gasteiger charge is -2.22. The van der Waals surface area contributed by atoms with Crippen molar-refractivity contribution in [2.24, 2.45) is 11.7 Å². The van der Waals surface area contributed by atoms with Crippen LogP contribution in [0.2, 0.25) is 0 Å². The first-order chi connectivity index (χ1) is 9.08. The number of nitrogens with zero attached hydrogens (tertiary/aromatic N) is 1. The predicted octanol–water partition coefficient (Wildman–Crippen LogP) is 2.47. The van der Waals surface area contributed by atoms with Crippen molar-refractivity contribution in [1.82, 2.24) is 4.90 Å². The van der Waals surface area contributed by atoms with Gasteiger partial charge in [0.15, 0.2) is 0 Å². The Morgan fingerprint density at radius 1 is 1.37 bits per heavy atom. The Kier molecular flexibility index (Phi) is 4.59. The van der Waals surface area contributed by atoms with E-state index in [0.717, 1.165) is 12.8 Å². The van der Waals surface area contributed by atoms with Gasteiger partial charge in [0.05, 0.1) is 0 Å². The van der Waals surface area contributed by atoms with Crippen molar-refractivity contribution in [2.45, 2.75) is 45.2 Å². The van der Waals surface area contributed by atoms with Gasteiger partial charge in [-0.05, 0) is 36.8 Å². The van der Waals surface area contributed by atoms with Gasteiger partial charge in [-0.3, -0.25) is 4.79 Å². The second-order valence-electron chi connectivity index (χ2n) is 5.74. The van der Waals surface area contributed by atoms with Gasteiger partial charge in [-0.1, -0.05) is 30.7 Å². The van der Waals surface area contributed by atoms with Crippen LogP contribution in [-0.4, -0.2) is 23.9 Å². The standard InChI is InChI=1S/C16H24N2O/c1-12-6-3-4-7-14(12)11-18(2)16(19)10-13-8-5-9-15(13)17/h3-4,6-7,13,15H,5,8-11,17H2,1-2H3/t13-,15+/m0/s1. The van der Waals surface area contributed by atoms with E-state index in [1.165, 1.54) is 17.5 Å². The van der Waals surface area contributed by atoms with Gasteiger partial charge in [0, 0.05) is 26.1 Å². The van der Waals surface area contributed by atoms with Gasteiger partial charge in [0.2, 0.25) is 5.91 Å². The lowest BCUT2D eigenvalue weighted by Crippen LogP contribution is -2.32. The molecule has 0 saturated heterocycles. The normalized spacial score (nSPS) is 22.5. The molecule has 0 bridgehead atoms. The van der Waals surface area contributed by atoms with Gasteiger partial charge in [0.1, 0.15) is 0 Å². The quantitative estimate of drug-likeness (QED) is 0.904. The minimum Gasteiger partial charge on any atom is -0.341 e. The number of hydrogen-bond acceptors (Lipinski definition) is 2. The number of carbonyl (C=O) groups excluding carboxylic acids is 1. The first-order valence-corrected chi connectivity index (χ1v) is 7.12. The fraction of sp³-hybridized carbons (Fsp3) is 0.562. The summed E-state index contributed by atoms with van der Waals surface area (Å²) < 4.78 is 0. The first kappa shape index (κ1) is 14.1. The largest absolute Gasteiger partial charge is 0.341 e. The lowest BCUT2D eigenvalue weighted by molar-refractivity contribution is -0.131. The van der Waals surface area contributed by atoms with Gasteiger partial charge in [-0.25, -0.2) is 0 Å². The number of carbonyl (C=O) groups is 1. The molecule has 1 aromatic carbocycles. The van der Waals surface area contributed by atoms with Crippen LogP contribution in [0.5, 0.6) is 0 Å². The van der Waals surface area contributed by atoms with Gasteiger partial charge in [-0.2, -0.15) is 0 Å². The van der Waals surface area contributed by atoms with Crippen LogP contribution in [0.15, 0.2) is 24.3 Å². The zero-order valence-corrected chi connectivity index (χ0v) is 11.9. The van der Waals surface area contributed by atoms with Crippen molar-refractivity contribution >= 4 is 5.91 Å². The molecule has 19 heavy (non-hydrogen) atoms. The molecule has 0 aromatic heterocycles. The highest BCUT2D eigenvalue weighted by molar-refractivity contribution is 5.76. The van der Waals surface area contributed by atoms with E-state index >= 15 is 0 Å². The summed E-state index contributed by atoms with van der Waals surface area (Å²) in [6, 6.07) is 8.43. The molecule has 1 aliphatic carbocycles. The summed E-state index contributed by atoms with van der Waals surface area (Å²) in [5.41, 5.74) is 8.49. The number of benzene rings is 1. The summed E-state index contributed by atoms with van der Waals surface area (Å²) in [6.45, 7) is 2.77. The maximum absolute atomic E-state index is 12.2. The molecule has 1 saturated carbocycles. The molecule has 0 heterocycles. The van der Waals surface area contributed by atoms with Crippen molar-refractivity contribution in [2.75, 3.05) is 7.05 Å². The Morgan fingerprint density at radius 2 is 2.11 bits per heavy atom. The third kappa shape index (κ3) is 3.57. The van der Waals surface area contributed by atoms with Crippen molar-refractivity contribution < 1.29 is 4.79 Å². The monoisotopic (exact) mass is 260 g/mol. The molecule has 2 rings (SSSR count). The van der Waals surface area contributed by atoms with Crippen LogP contribution in [0.1, 0.15) is 36.8 Å². The number of nitrogens with two attached hydrogens (primary N) is 1. The fourth-order valence-corrected chi connectivity index (χ4v) is 2.83. The zero-order valence-electron chi connectivity index (χ0n) is 11.9. The Bertz CT molecular complexity index is 444. The summed E-state index contributed by atoms with van der Waals surface area (Å²) in [6.07, 6.45) is 3.94. The van der Waals surface area contributed by atoms with E-state index < -0.39 is 0 Å². The Hall–Kier alpha value is -1.35. The third-order valence-corrected chi connectivity index (χ3v) is 4.25. The smallest absolute Gasteiger partial charge is 0.222 e. The van der Waals surface area contributed by atoms with Crippen LogP contribution in [-0.2, 0) is 11.3 Å². The minimum absolute atomic E-state index is 0.214. The number of rotatable bonds is 4. The van der Waals surface area contributed by atoms with Gasteiger partial charge < -0.3 is 10.6 Å².